The fourth-order valence-corrected chi connectivity index (χ4v) is 1.87. The van der Waals surface area contributed by atoms with E-state index >= 15 is 0 Å². The largest absolute Gasteiger partial charge is 0.322 e. The lowest BCUT2D eigenvalue weighted by atomic mass is 10.1. The van der Waals surface area contributed by atoms with Gasteiger partial charge in [-0.15, -0.1) is 0 Å². The lowest BCUT2D eigenvalue weighted by molar-refractivity contribution is 0.705. The van der Waals surface area contributed by atoms with E-state index in [2.05, 4.69) is 9.36 Å². The lowest BCUT2D eigenvalue weighted by Crippen LogP contribution is -2.13. The summed E-state index contributed by atoms with van der Waals surface area (Å²) in [5.41, 5.74) is 8.15. The van der Waals surface area contributed by atoms with Gasteiger partial charge >= 0.3 is 0 Å². The Labute approximate surface area is 86.8 Å². The molecule has 1 atom stereocenters. The molecule has 2 rings (SSSR count). The molecule has 0 aliphatic carbocycles. The van der Waals surface area contributed by atoms with E-state index in [0.717, 1.165) is 12.1 Å². The number of nitrogens with two attached hydrogens (primary N) is 1. The van der Waals surface area contributed by atoms with Crippen LogP contribution in [-0.4, -0.2) is 9.36 Å². The van der Waals surface area contributed by atoms with Gasteiger partial charge in [0.15, 0.2) is 0 Å². The van der Waals surface area contributed by atoms with E-state index in [1.165, 1.54) is 17.1 Å². The number of hydrogen-bond donors (Lipinski definition) is 1. The Morgan fingerprint density at radius 1 is 1.29 bits per heavy atom. The predicted octanol–water partition coefficient (Wildman–Crippen LogP) is 1.78. The molecule has 0 saturated heterocycles. The van der Waals surface area contributed by atoms with Crippen molar-refractivity contribution in [2.45, 2.75) is 12.5 Å². The average molecular weight is 205 g/mol. The van der Waals surface area contributed by atoms with E-state index in [4.69, 9.17) is 5.73 Å². The Balaban J connectivity index is 2.06. The summed E-state index contributed by atoms with van der Waals surface area (Å²) in [7, 11) is 0. The van der Waals surface area contributed by atoms with Crippen molar-refractivity contribution in [3.05, 3.63) is 47.2 Å². The molecule has 0 aliphatic rings. The minimum atomic E-state index is -0.0105. The van der Waals surface area contributed by atoms with Crippen LogP contribution in [0, 0.1) is 0 Å². The molecule has 2 aromatic rings. The van der Waals surface area contributed by atoms with Crippen LogP contribution >= 0.6 is 11.5 Å². The molecule has 0 saturated carbocycles. The normalized spacial score (nSPS) is 12.6. The van der Waals surface area contributed by atoms with Crippen LogP contribution in [0.1, 0.15) is 17.3 Å². The van der Waals surface area contributed by atoms with Crippen molar-refractivity contribution < 1.29 is 0 Å². The molecule has 0 amide bonds. The lowest BCUT2D eigenvalue weighted by Gasteiger charge is -2.07. The van der Waals surface area contributed by atoms with Gasteiger partial charge in [0.1, 0.15) is 0 Å². The number of pyridine rings is 1. The van der Waals surface area contributed by atoms with Crippen LogP contribution < -0.4 is 5.73 Å². The van der Waals surface area contributed by atoms with Crippen molar-refractivity contribution in [1.82, 2.24) is 9.36 Å². The Bertz CT molecular complexity index is 372. The van der Waals surface area contributed by atoms with Crippen LogP contribution in [0.15, 0.2) is 36.0 Å². The second-order valence-electron chi connectivity index (χ2n) is 3.09. The van der Waals surface area contributed by atoms with Crippen molar-refractivity contribution in [1.29, 1.82) is 0 Å². The van der Waals surface area contributed by atoms with Gasteiger partial charge in [0.05, 0.1) is 11.7 Å². The number of aromatic nitrogens is 2. The molecule has 2 N–H and O–H groups in total. The number of hydrogen-bond acceptors (Lipinski definition) is 4. The van der Waals surface area contributed by atoms with Crippen LogP contribution in [0.2, 0.25) is 0 Å². The fraction of sp³-hybridized carbons (Fsp3) is 0.200. The van der Waals surface area contributed by atoms with Crippen molar-refractivity contribution >= 4 is 11.5 Å². The van der Waals surface area contributed by atoms with Gasteiger partial charge in [0.2, 0.25) is 0 Å². The quantitative estimate of drug-likeness (QED) is 0.831. The number of nitrogens with zero attached hydrogens (tertiary/aromatic N) is 2. The van der Waals surface area contributed by atoms with Gasteiger partial charge in [-0.3, -0.25) is 4.98 Å². The Kier molecular flexibility index (Phi) is 2.86. The van der Waals surface area contributed by atoms with Gasteiger partial charge in [0, 0.05) is 17.8 Å². The summed E-state index contributed by atoms with van der Waals surface area (Å²) >= 11 is 1.44. The second-order valence-corrected chi connectivity index (χ2v) is 3.76. The third-order valence-electron chi connectivity index (χ3n) is 2.04. The van der Waals surface area contributed by atoms with E-state index in [9.17, 15) is 0 Å². The van der Waals surface area contributed by atoms with Crippen LogP contribution in [0.25, 0.3) is 0 Å². The molecule has 0 spiro atoms. The summed E-state index contributed by atoms with van der Waals surface area (Å²) in [6.45, 7) is 0. The number of rotatable bonds is 3. The SMILES string of the molecule is NC(Cc1ccncc1)c1ccsn1. The van der Waals surface area contributed by atoms with Crippen molar-refractivity contribution in [3.63, 3.8) is 0 Å². The molecule has 2 heterocycles. The first kappa shape index (κ1) is 9.30. The first-order chi connectivity index (χ1) is 6.86. The minimum Gasteiger partial charge on any atom is -0.322 e. The molecule has 14 heavy (non-hydrogen) atoms. The van der Waals surface area contributed by atoms with Crippen molar-refractivity contribution in [2.24, 2.45) is 5.73 Å². The molecule has 0 aliphatic heterocycles. The van der Waals surface area contributed by atoms with E-state index in [1.807, 2.05) is 23.6 Å². The predicted molar refractivity (Wildman–Crippen MR) is 57.0 cm³/mol. The molecule has 1 unspecified atom stereocenters. The zero-order valence-electron chi connectivity index (χ0n) is 7.63. The first-order valence-electron chi connectivity index (χ1n) is 4.41. The standard InChI is InChI=1S/C10H11N3S/c11-9(10-3-6-14-13-10)7-8-1-4-12-5-2-8/h1-6,9H,7,11H2. The summed E-state index contributed by atoms with van der Waals surface area (Å²) in [5, 5.41) is 1.95. The van der Waals surface area contributed by atoms with Crippen molar-refractivity contribution in [3.8, 4) is 0 Å². The smallest absolute Gasteiger partial charge is 0.0712 e. The summed E-state index contributed by atoms with van der Waals surface area (Å²) in [6, 6.07) is 5.92. The van der Waals surface area contributed by atoms with Crippen LogP contribution in [-0.2, 0) is 6.42 Å². The second kappa shape index (κ2) is 4.30. The molecule has 0 bridgehead atoms. The Morgan fingerprint density at radius 3 is 2.71 bits per heavy atom. The molecule has 3 nitrogen and oxygen atoms in total. The summed E-state index contributed by atoms with van der Waals surface area (Å²) < 4.78 is 4.21. The van der Waals surface area contributed by atoms with Gasteiger partial charge in [-0.2, -0.15) is 4.37 Å². The van der Waals surface area contributed by atoms with Crippen LogP contribution in [0.3, 0.4) is 0 Å². The molecule has 2 aromatic heterocycles. The maximum Gasteiger partial charge on any atom is 0.0712 e. The van der Waals surface area contributed by atoms with E-state index < -0.39 is 0 Å². The van der Waals surface area contributed by atoms with E-state index in [1.54, 1.807) is 12.4 Å². The minimum absolute atomic E-state index is 0.0105. The third kappa shape index (κ3) is 2.16. The Morgan fingerprint density at radius 2 is 2.07 bits per heavy atom. The molecule has 0 aromatic carbocycles. The maximum absolute atomic E-state index is 6.00. The van der Waals surface area contributed by atoms with Gasteiger partial charge < -0.3 is 5.73 Å². The molecular weight excluding hydrogens is 194 g/mol. The highest BCUT2D eigenvalue weighted by Crippen LogP contribution is 2.14. The molecule has 0 fully saturated rings. The average Bonchev–Trinajstić information content (AvgIpc) is 2.72. The zero-order chi connectivity index (χ0) is 9.80. The van der Waals surface area contributed by atoms with Crippen LogP contribution in [0.4, 0.5) is 0 Å². The van der Waals surface area contributed by atoms with Gasteiger partial charge in [-0.1, -0.05) is 0 Å². The van der Waals surface area contributed by atoms with Gasteiger partial charge in [0.25, 0.3) is 0 Å². The monoisotopic (exact) mass is 205 g/mol. The zero-order valence-corrected chi connectivity index (χ0v) is 8.45. The Hall–Kier alpha value is -1.26. The van der Waals surface area contributed by atoms with Gasteiger partial charge in [-0.25, -0.2) is 0 Å². The summed E-state index contributed by atoms with van der Waals surface area (Å²) in [6.07, 6.45) is 4.37. The van der Waals surface area contributed by atoms with E-state index in [-0.39, 0.29) is 6.04 Å². The molecule has 72 valence electrons. The fourth-order valence-electron chi connectivity index (χ4n) is 1.29. The van der Waals surface area contributed by atoms with Gasteiger partial charge in [-0.05, 0) is 41.7 Å². The summed E-state index contributed by atoms with van der Waals surface area (Å²) in [4.78, 5) is 3.96. The molecule has 4 heteroatoms. The topological polar surface area (TPSA) is 51.8 Å². The molecule has 0 radical (unpaired) electrons. The highest BCUT2D eigenvalue weighted by atomic mass is 32.1. The maximum atomic E-state index is 6.00. The van der Waals surface area contributed by atoms with Crippen LogP contribution in [0.5, 0.6) is 0 Å². The highest BCUT2D eigenvalue weighted by Gasteiger charge is 2.08. The van der Waals surface area contributed by atoms with E-state index in [0.29, 0.717) is 0 Å². The van der Waals surface area contributed by atoms with Crippen molar-refractivity contribution in [2.75, 3.05) is 0 Å². The first-order valence-corrected chi connectivity index (χ1v) is 5.24. The molecular formula is C10H11N3S. The third-order valence-corrected chi connectivity index (χ3v) is 2.62. The highest BCUT2D eigenvalue weighted by molar-refractivity contribution is 7.03. The summed E-state index contributed by atoms with van der Waals surface area (Å²) in [5.74, 6) is 0.